The zero-order valence-corrected chi connectivity index (χ0v) is 12.6. The highest BCUT2D eigenvalue weighted by atomic mass is 32.2. The zero-order chi connectivity index (χ0) is 14.6. The minimum absolute atomic E-state index is 0.275. The SMILES string of the molecule is Cc1ccc(C#N)cc1S(=O)(=O)N1CCCCCCC1. The summed E-state index contributed by atoms with van der Waals surface area (Å²) in [5, 5.41) is 8.95. The number of benzene rings is 1. The van der Waals surface area contributed by atoms with Gasteiger partial charge in [0.25, 0.3) is 0 Å². The lowest BCUT2D eigenvalue weighted by molar-refractivity contribution is 0.364. The summed E-state index contributed by atoms with van der Waals surface area (Å²) >= 11 is 0. The van der Waals surface area contributed by atoms with Gasteiger partial charge in [-0.2, -0.15) is 9.57 Å². The highest BCUT2D eigenvalue weighted by molar-refractivity contribution is 7.89. The number of nitriles is 1. The molecule has 0 N–H and O–H groups in total. The fraction of sp³-hybridized carbons (Fsp3) is 0.533. The molecule has 0 radical (unpaired) electrons. The van der Waals surface area contributed by atoms with Gasteiger partial charge in [0.1, 0.15) is 0 Å². The molecule has 1 saturated heterocycles. The van der Waals surface area contributed by atoms with Crippen LogP contribution in [0.3, 0.4) is 0 Å². The number of nitrogens with zero attached hydrogens (tertiary/aromatic N) is 2. The number of aryl methyl sites for hydroxylation is 1. The summed E-state index contributed by atoms with van der Waals surface area (Å²) in [6, 6.07) is 6.86. The van der Waals surface area contributed by atoms with Gasteiger partial charge >= 0.3 is 0 Å². The third kappa shape index (κ3) is 3.20. The van der Waals surface area contributed by atoms with Gasteiger partial charge in [0.2, 0.25) is 10.0 Å². The van der Waals surface area contributed by atoms with Crippen LogP contribution in [-0.4, -0.2) is 25.8 Å². The zero-order valence-electron chi connectivity index (χ0n) is 11.8. The molecule has 1 aromatic rings. The Morgan fingerprint density at radius 3 is 2.30 bits per heavy atom. The molecule has 20 heavy (non-hydrogen) atoms. The molecule has 0 aliphatic carbocycles. The molecule has 5 heteroatoms. The highest BCUT2D eigenvalue weighted by Crippen LogP contribution is 2.23. The molecule has 0 unspecified atom stereocenters. The Kier molecular flexibility index (Phi) is 4.79. The monoisotopic (exact) mass is 292 g/mol. The first kappa shape index (κ1) is 15.0. The first-order valence-electron chi connectivity index (χ1n) is 7.06. The summed E-state index contributed by atoms with van der Waals surface area (Å²) in [5.74, 6) is 0. The summed E-state index contributed by atoms with van der Waals surface area (Å²) in [7, 11) is -3.48. The average molecular weight is 292 g/mol. The Morgan fingerprint density at radius 2 is 1.70 bits per heavy atom. The van der Waals surface area contributed by atoms with E-state index in [1.807, 2.05) is 6.07 Å². The van der Waals surface area contributed by atoms with Crippen molar-refractivity contribution >= 4 is 10.0 Å². The molecule has 0 atom stereocenters. The van der Waals surface area contributed by atoms with Gasteiger partial charge in [0.15, 0.2) is 0 Å². The van der Waals surface area contributed by atoms with Crippen molar-refractivity contribution in [1.29, 1.82) is 5.26 Å². The normalized spacial score (nSPS) is 18.0. The van der Waals surface area contributed by atoms with E-state index >= 15 is 0 Å². The minimum Gasteiger partial charge on any atom is -0.207 e. The fourth-order valence-electron chi connectivity index (χ4n) is 2.55. The number of hydrogen-bond acceptors (Lipinski definition) is 3. The van der Waals surface area contributed by atoms with E-state index in [1.54, 1.807) is 23.4 Å². The van der Waals surface area contributed by atoms with Gasteiger partial charge in [0, 0.05) is 13.1 Å². The quantitative estimate of drug-likeness (QED) is 0.842. The molecule has 1 aromatic carbocycles. The molecule has 0 aromatic heterocycles. The Labute approximate surface area is 121 Å². The van der Waals surface area contributed by atoms with Gasteiger partial charge in [-0.05, 0) is 37.5 Å². The molecule has 0 bridgehead atoms. The third-order valence-corrected chi connectivity index (χ3v) is 5.79. The molecule has 0 amide bonds. The fourth-order valence-corrected chi connectivity index (χ4v) is 4.31. The first-order chi connectivity index (χ1) is 9.55. The van der Waals surface area contributed by atoms with E-state index in [9.17, 15) is 8.42 Å². The number of sulfonamides is 1. The van der Waals surface area contributed by atoms with E-state index in [2.05, 4.69) is 0 Å². The molecule has 0 spiro atoms. The maximum absolute atomic E-state index is 12.8. The second kappa shape index (κ2) is 6.38. The molecule has 4 nitrogen and oxygen atoms in total. The lowest BCUT2D eigenvalue weighted by Gasteiger charge is -2.25. The predicted molar refractivity (Wildman–Crippen MR) is 77.7 cm³/mol. The third-order valence-electron chi connectivity index (χ3n) is 3.75. The summed E-state index contributed by atoms with van der Waals surface area (Å²) in [6.07, 6.45) is 5.19. The molecule has 2 rings (SSSR count). The summed E-state index contributed by atoms with van der Waals surface area (Å²) in [5.41, 5.74) is 1.09. The van der Waals surface area contributed by atoms with Crippen LogP contribution in [-0.2, 0) is 10.0 Å². The summed E-state index contributed by atoms with van der Waals surface area (Å²) in [6.45, 7) is 2.94. The summed E-state index contributed by atoms with van der Waals surface area (Å²) in [4.78, 5) is 0.275. The maximum atomic E-state index is 12.8. The van der Waals surface area contributed by atoms with Crippen molar-refractivity contribution in [3.8, 4) is 6.07 Å². The van der Waals surface area contributed by atoms with Gasteiger partial charge in [-0.15, -0.1) is 0 Å². The average Bonchev–Trinajstić information content (AvgIpc) is 2.38. The van der Waals surface area contributed by atoms with Gasteiger partial charge < -0.3 is 0 Å². The largest absolute Gasteiger partial charge is 0.243 e. The number of rotatable bonds is 2. The van der Waals surface area contributed by atoms with Crippen LogP contribution >= 0.6 is 0 Å². The van der Waals surface area contributed by atoms with Crippen molar-refractivity contribution in [2.45, 2.75) is 43.9 Å². The van der Waals surface area contributed by atoms with Crippen LogP contribution in [0.25, 0.3) is 0 Å². The molecule has 1 fully saturated rings. The second-order valence-corrected chi connectivity index (χ2v) is 7.17. The highest BCUT2D eigenvalue weighted by Gasteiger charge is 2.26. The summed E-state index contributed by atoms with van der Waals surface area (Å²) < 4.78 is 27.1. The van der Waals surface area contributed by atoms with Crippen LogP contribution < -0.4 is 0 Å². The van der Waals surface area contributed by atoms with Crippen LogP contribution in [0.2, 0.25) is 0 Å². The first-order valence-corrected chi connectivity index (χ1v) is 8.50. The lowest BCUT2D eigenvalue weighted by Crippen LogP contribution is -2.34. The Morgan fingerprint density at radius 1 is 1.10 bits per heavy atom. The topological polar surface area (TPSA) is 61.2 Å². The number of hydrogen-bond donors (Lipinski definition) is 0. The van der Waals surface area contributed by atoms with E-state index < -0.39 is 10.0 Å². The van der Waals surface area contributed by atoms with E-state index in [0.717, 1.165) is 25.7 Å². The standard InChI is InChI=1S/C15H20N2O2S/c1-13-7-8-14(12-16)11-15(13)20(18,19)17-9-5-3-2-4-6-10-17/h7-8,11H,2-6,9-10H2,1H3. The smallest absolute Gasteiger partial charge is 0.207 e. The second-order valence-electron chi connectivity index (χ2n) is 5.26. The van der Waals surface area contributed by atoms with Gasteiger partial charge in [-0.1, -0.05) is 25.3 Å². The molecule has 1 aliphatic heterocycles. The van der Waals surface area contributed by atoms with E-state index in [1.165, 1.54) is 12.5 Å². The molecule has 1 heterocycles. The van der Waals surface area contributed by atoms with Crippen LogP contribution in [0.15, 0.2) is 23.1 Å². The van der Waals surface area contributed by atoms with Crippen LogP contribution in [0.5, 0.6) is 0 Å². The van der Waals surface area contributed by atoms with Crippen LogP contribution in [0.4, 0.5) is 0 Å². The van der Waals surface area contributed by atoms with E-state index in [4.69, 9.17) is 5.26 Å². The van der Waals surface area contributed by atoms with E-state index in [0.29, 0.717) is 24.2 Å². The van der Waals surface area contributed by atoms with Crippen molar-refractivity contribution in [1.82, 2.24) is 4.31 Å². The maximum Gasteiger partial charge on any atom is 0.243 e. The van der Waals surface area contributed by atoms with Crippen molar-refractivity contribution in [3.63, 3.8) is 0 Å². The van der Waals surface area contributed by atoms with Gasteiger partial charge in [0.05, 0.1) is 16.5 Å². The Balaban J connectivity index is 2.35. The van der Waals surface area contributed by atoms with Gasteiger partial charge in [-0.25, -0.2) is 8.42 Å². The molecule has 108 valence electrons. The molecule has 0 saturated carbocycles. The molecular formula is C15H20N2O2S. The van der Waals surface area contributed by atoms with Crippen LogP contribution in [0.1, 0.15) is 43.2 Å². The van der Waals surface area contributed by atoms with Crippen molar-refractivity contribution in [3.05, 3.63) is 29.3 Å². The van der Waals surface area contributed by atoms with E-state index in [-0.39, 0.29) is 4.90 Å². The Bertz CT molecular complexity index is 609. The van der Waals surface area contributed by atoms with Crippen molar-refractivity contribution in [2.75, 3.05) is 13.1 Å². The van der Waals surface area contributed by atoms with Crippen molar-refractivity contribution in [2.24, 2.45) is 0 Å². The predicted octanol–water partition coefficient (Wildman–Crippen LogP) is 2.82. The molecular weight excluding hydrogens is 272 g/mol. The van der Waals surface area contributed by atoms with Crippen molar-refractivity contribution < 1.29 is 8.42 Å². The Hall–Kier alpha value is -1.38. The minimum atomic E-state index is -3.48. The van der Waals surface area contributed by atoms with Crippen LogP contribution in [0, 0.1) is 18.3 Å². The molecule has 1 aliphatic rings. The van der Waals surface area contributed by atoms with Gasteiger partial charge in [-0.3, -0.25) is 0 Å². The lowest BCUT2D eigenvalue weighted by atomic mass is 10.1.